The summed E-state index contributed by atoms with van der Waals surface area (Å²) in [5.41, 5.74) is 1.35. The number of halogens is 3. The standard InChI is InChI=1S/C29H32Cl2N2O4.ClH/c1-32(24(35)13-17-4-6-19(30)20(31)12-17)21-8-9-29(36)23-14-18-5-7-22(34)26-25(18)28(29,27(21)37-26)10-11-33(23)15-16-2-3-16;/h4-7,12,16,21,23,27,34,36H,2-3,8-11,13-15H2,1H3;1H/t21-,23+,27-,28-,29+;/m0./s1. The number of phenols is 1. The van der Waals surface area contributed by atoms with Crippen LogP contribution in [0.2, 0.25) is 10.0 Å². The first kappa shape index (κ1) is 26.5. The zero-order valence-corrected chi connectivity index (χ0v) is 23.7. The Morgan fingerprint density at radius 3 is 2.68 bits per heavy atom. The van der Waals surface area contributed by atoms with Crippen LogP contribution in [0.3, 0.4) is 0 Å². The van der Waals surface area contributed by atoms with Gasteiger partial charge in [0.2, 0.25) is 5.91 Å². The predicted molar refractivity (Wildman–Crippen MR) is 149 cm³/mol. The summed E-state index contributed by atoms with van der Waals surface area (Å²) in [6.07, 6.45) is 5.11. The molecule has 0 radical (unpaired) electrons. The topological polar surface area (TPSA) is 73.2 Å². The van der Waals surface area contributed by atoms with E-state index in [1.54, 1.807) is 23.1 Å². The van der Waals surface area contributed by atoms with Gasteiger partial charge >= 0.3 is 0 Å². The average Bonchev–Trinajstić information content (AvgIpc) is 3.61. The van der Waals surface area contributed by atoms with Crippen LogP contribution in [0.5, 0.6) is 11.5 Å². The zero-order chi connectivity index (χ0) is 25.7. The molecule has 1 saturated heterocycles. The van der Waals surface area contributed by atoms with Crippen LogP contribution in [0.25, 0.3) is 0 Å². The van der Waals surface area contributed by atoms with Gasteiger partial charge < -0.3 is 19.8 Å². The van der Waals surface area contributed by atoms with Gasteiger partial charge in [-0.25, -0.2) is 0 Å². The second-order valence-corrected chi connectivity index (χ2v) is 12.6. The number of aromatic hydroxyl groups is 1. The van der Waals surface area contributed by atoms with E-state index in [2.05, 4.69) is 4.90 Å². The van der Waals surface area contributed by atoms with E-state index < -0.39 is 17.1 Å². The van der Waals surface area contributed by atoms with Crippen molar-refractivity contribution in [2.45, 2.75) is 74.1 Å². The third kappa shape index (κ3) is 3.63. The van der Waals surface area contributed by atoms with Gasteiger partial charge in [0, 0.05) is 25.2 Å². The first-order valence-corrected chi connectivity index (χ1v) is 14.2. The number of hydrogen-bond donors (Lipinski definition) is 2. The van der Waals surface area contributed by atoms with E-state index >= 15 is 0 Å². The smallest absolute Gasteiger partial charge is 0.227 e. The number of likely N-dealkylation sites (N-methyl/N-ethyl adjacent to an activating group) is 1. The lowest BCUT2D eigenvalue weighted by Gasteiger charge is -2.64. The lowest BCUT2D eigenvalue weighted by Crippen LogP contribution is -2.78. The minimum atomic E-state index is -0.957. The maximum atomic E-state index is 13.5. The van der Waals surface area contributed by atoms with Crippen LogP contribution in [0.15, 0.2) is 30.3 Å². The molecule has 7 rings (SSSR count). The molecule has 204 valence electrons. The van der Waals surface area contributed by atoms with Gasteiger partial charge in [-0.15, -0.1) is 12.4 Å². The van der Waals surface area contributed by atoms with Gasteiger partial charge in [0.05, 0.1) is 33.5 Å². The van der Waals surface area contributed by atoms with Gasteiger partial charge in [-0.2, -0.15) is 0 Å². The molecule has 2 aliphatic heterocycles. The Hall–Kier alpha value is -1.70. The van der Waals surface area contributed by atoms with E-state index in [-0.39, 0.29) is 42.6 Å². The largest absolute Gasteiger partial charge is 0.504 e. The summed E-state index contributed by atoms with van der Waals surface area (Å²) >= 11 is 12.3. The van der Waals surface area contributed by atoms with Crippen LogP contribution in [-0.2, 0) is 23.1 Å². The van der Waals surface area contributed by atoms with E-state index in [0.717, 1.165) is 48.5 Å². The Morgan fingerprint density at radius 2 is 1.95 bits per heavy atom. The predicted octanol–water partition coefficient (Wildman–Crippen LogP) is 4.75. The number of ether oxygens (including phenoxy) is 1. The van der Waals surface area contributed by atoms with Crippen molar-refractivity contribution >= 4 is 41.5 Å². The normalized spacial score (nSPS) is 32.7. The van der Waals surface area contributed by atoms with Crippen LogP contribution < -0.4 is 4.74 Å². The molecule has 2 N–H and O–H groups in total. The van der Waals surface area contributed by atoms with E-state index in [4.69, 9.17) is 27.9 Å². The molecule has 2 aromatic carbocycles. The lowest BCUT2D eigenvalue weighted by atomic mass is 9.48. The van der Waals surface area contributed by atoms with Gasteiger partial charge in [-0.05, 0) is 80.3 Å². The Kier molecular flexibility index (Phi) is 6.40. The monoisotopic (exact) mass is 578 g/mol. The van der Waals surface area contributed by atoms with E-state index in [0.29, 0.717) is 28.6 Å². The quantitative estimate of drug-likeness (QED) is 0.535. The highest BCUT2D eigenvalue weighted by atomic mass is 35.5. The third-order valence-corrected chi connectivity index (χ3v) is 10.7. The Morgan fingerprint density at radius 1 is 1.16 bits per heavy atom. The van der Waals surface area contributed by atoms with Crippen LogP contribution in [-0.4, -0.2) is 69.8 Å². The van der Waals surface area contributed by atoms with Crippen LogP contribution in [0.1, 0.15) is 48.8 Å². The van der Waals surface area contributed by atoms with E-state index in [1.165, 1.54) is 12.8 Å². The molecule has 2 bridgehead atoms. The Balaban J connectivity index is 0.00000264. The highest BCUT2D eigenvalue weighted by Gasteiger charge is 2.73. The number of carbonyl (C=O) groups excluding carboxylic acids is 1. The number of amides is 1. The maximum absolute atomic E-state index is 13.5. The van der Waals surface area contributed by atoms with Crippen molar-refractivity contribution in [3.8, 4) is 11.5 Å². The molecule has 5 atom stereocenters. The van der Waals surface area contributed by atoms with Crippen molar-refractivity contribution in [1.29, 1.82) is 0 Å². The Labute approximate surface area is 239 Å². The first-order valence-electron chi connectivity index (χ1n) is 13.4. The number of carbonyl (C=O) groups is 1. The van der Waals surface area contributed by atoms with Crippen molar-refractivity contribution in [3.63, 3.8) is 0 Å². The summed E-state index contributed by atoms with van der Waals surface area (Å²) in [5, 5.41) is 24.3. The van der Waals surface area contributed by atoms with Gasteiger partial charge in [0.25, 0.3) is 0 Å². The number of nitrogens with zero attached hydrogens (tertiary/aromatic N) is 2. The lowest BCUT2D eigenvalue weighted by molar-refractivity contribution is -0.200. The average molecular weight is 580 g/mol. The minimum Gasteiger partial charge on any atom is -0.504 e. The summed E-state index contributed by atoms with van der Waals surface area (Å²) in [6, 6.07) is 8.81. The zero-order valence-electron chi connectivity index (χ0n) is 21.3. The number of rotatable bonds is 5. The summed E-state index contributed by atoms with van der Waals surface area (Å²) < 4.78 is 6.61. The molecule has 0 unspecified atom stereocenters. The minimum absolute atomic E-state index is 0. The number of benzene rings is 2. The van der Waals surface area contributed by atoms with Gasteiger partial charge in [0.15, 0.2) is 11.5 Å². The van der Waals surface area contributed by atoms with Crippen molar-refractivity contribution in [2.24, 2.45) is 5.92 Å². The molecular formula is C29H33Cl3N2O4. The number of likely N-dealkylation sites (tertiary alicyclic amines) is 1. The van der Waals surface area contributed by atoms with E-state index in [9.17, 15) is 15.0 Å². The summed E-state index contributed by atoms with van der Waals surface area (Å²) in [4.78, 5) is 17.8. The van der Waals surface area contributed by atoms with Crippen molar-refractivity contribution in [3.05, 3.63) is 57.1 Å². The molecule has 2 heterocycles. The first-order chi connectivity index (χ1) is 17.7. The van der Waals surface area contributed by atoms with Crippen LogP contribution in [0.4, 0.5) is 0 Å². The molecule has 5 aliphatic rings. The molecule has 1 amide bonds. The fraction of sp³-hybridized carbons (Fsp3) is 0.552. The van der Waals surface area contributed by atoms with Crippen molar-refractivity contribution in [1.82, 2.24) is 9.80 Å². The van der Waals surface area contributed by atoms with Crippen molar-refractivity contribution < 1.29 is 19.7 Å². The van der Waals surface area contributed by atoms with Crippen molar-refractivity contribution in [2.75, 3.05) is 20.1 Å². The fourth-order valence-corrected chi connectivity index (χ4v) is 8.31. The summed E-state index contributed by atoms with van der Waals surface area (Å²) in [6.45, 7) is 1.94. The molecule has 3 fully saturated rings. The van der Waals surface area contributed by atoms with Crippen LogP contribution in [0, 0.1) is 5.92 Å². The highest BCUT2D eigenvalue weighted by molar-refractivity contribution is 6.42. The van der Waals surface area contributed by atoms with Gasteiger partial charge in [0.1, 0.15) is 6.10 Å². The highest BCUT2D eigenvalue weighted by Crippen LogP contribution is 2.66. The molecule has 2 aromatic rings. The van der Waals surface area contributed by atoms with Gasteiger partial charge in [-0.3, -0.25) is 9.69 Å². The molecular weight excluding hydrogens is 547 g/mol. The molecule has 1 spiro atoms. The Bertz CT molecular complexity index is 1300. The molecule has 0 aromatic heterocycles. The molecule has 2 saturated carbocycles. The number of aliphatic hydroxyl groups is 1. The SMILES string of the molecule is CN(C(=O)Cc1ccc(Cl)c(Cl)c1)[C@H]1CC[C@@]2(O)[C@H]3Cc4ccc(O)c5c4[C@@]2(CCN3CC2CC2)[C@H]1O5.Cl. The van der Waals surface area contributed by atoms with Crippen LogP contribution >= 0.6 is 35.6 Å². The second kappa shape index (κ2) is 9.17. The van der Waals surface area contributed by atoms with E-state index in [1.807, 2.05) is 19.2 Å². The maximum Gasteiger partial charge on any atom is 0.227 e. The number of phenolic OH excluding ortho intramolecular Hbond substituents is 1. The summed E-state index contributed by atoms with van der Waals surface area (Å²) in [5.74, 6) is 1.33. The molecule has 9 heteroatoms. The number of piperidine rings is 1. The molecule has 38 heavy (non-hydrogen) atoms. The molecule has 6 nitrogen and oxygen atoms in total. The summed E-state index contributed by atoms with van der Waals surface area (Å²) in [7, 11) is 1.83. The molecule has 3 aliphatic carbocycles. The second-order valence-electron chi connectivity index (χ2n) is 11.8. The fourth-order valence-electron chi connectivity index (χ4n) is 7.99. The van der Waals surface area contributed by atoms with Gasteiger partial charge in [-0.1, -0.05) is 35.3 Å². The third-order valence-electron chi connectivity index (χ3n) is 9.96. The number of hydrogen-bond acceptors (Lipinski definition) is 5.